The van der Waals surface area contributed by atoms with Crippen LogP contribution in [0.1, 0.15) is 175 Å². The Morgan fingerprint density at radius 3 is 1.17 bits per heavy atom. The molecule has 1 fully saturated rings. The molecule has 0 aromatic heterocycles. The lowest BCUT2D eigenvalue weighted by molar-refractivity contribution is -0.153. The number of nitrogens with two attached hydrogens (primary N) is 1. The van der Waals surface area contributed by atoms with Crippen LogP contribution in [0, 0.1) is 0 Å². The summed E-state index contributed by atoms with van der Waals surface area (Å²) in [5.74, 6) is -0.594. The lowest BCUT2D eigenvalue weighted by Gasteiger charge is -2.20. The van der Waals surface area contributed by atoms with E-state index in [0.717, 1.165) is 25.7 Å². The molecule has 1 heterocycles. The minimum Gasteiger partial charge on any atom is -0.343 e. The summed E-state index contributed by atoms with van der Waals surface area (Å²) < 4.78 is 12.7. The Hall–Kier alpha value is -1.16. The largest absolute Gasteiger partial charge is 0.343 e. The molecule has 0 amide bonds. The average Bonchev–Trinajstić information content (AvgIpc) is 3.32. The Bertz CT molecular complexity index is 640. The van der Waals surface area contributed by atoms with E-state index in [1.165, 1.54) is 128 Å². The number of rotatable bonds is 29. The van der Waals surface area contributed by atoms with E-state index >= 15 is 0 Å². The van der Waals surface area contributed by atoms with Crippen LogP contribution in [0.3, 0.4) is 0 Å². The van der Waals surface area contributed by atoms with E-state index in [0.29, 0.717) is 6.54 Å². The van der Waals surface area contributed by atoms with Crippen molar-refractivity contribution in [3.8, 4) is 0 Å². The summed E-state index contributed by atoms with van der Waals surface area (Å²) in [6.45, 7) is 6.98. The van der Waals surface area contributed by atoms with E-state index in [4.69, 9.17) is 15.2 Å². The maximum absolute atomic E-state index is 6.33. The predicted molar refractivity (Wildman–Crippen MR) is 186 cm³/mol. The van der Waals surface area contributed by atoms with Crippen molar-refractivity contribution in [2.45, 2.75) is 193 Å². The molecular formula is C39H71NO2. The zero-order valence-corrected chi connectivity index (χ0v) is 28.3. The lowest BCUT2D eigenvalue weighted by Crippen LogP contribution is -2.36. The summed E-state index contributed by atoms with van der Waals surface area (Å²) in [4.78, 5) is 0. The third-order valence-corrected chi connectivity index (χ3v) is 8.47. The summed E-state index contributed by atoms with van der Waals surface area (Å²) in [5.41, 5.74) is 6.00. The van der Waals surface area contributed by atoms with Crippen LogP contribution in [-0.4, -0.2) is 24.5 Å². The molecule has 2 atom stereocenters. The standard InChI is InChI=1S/C39H71NO2/c1-4-6-8-10-12-14-16-18-20-22-24-26-28-30-32-34-37-38(42-39(3,36-40)41-37)35-33-31-29-27-25-23-21-19-17-15-13-11-9-7-5-2/h12-15,18-21,37-38H,4-11,16-17,22-36,40H2,1-3H3/b14-12-,15-13-,20-18-,21-19-. The van der Waals surface area contributed by atoms with Gasteiger partial charge in [-0.2, -0.15) is 0 Å². The second kappa shape index (κ2) is 28.6. The molecule has 1 aliphatic rings. The Morgan fingerprint density at radius 1 is 0.476 bits per heavy atom. The van der Waals surface area contributed by atoms with Gasteiger partial charge in [0.2, 0.25) is 0 Å². The van der Waals surface area contributed by atoms with E-state index in [-0.39, 0.29) is 12.2 Å². The van der Waals surface area contributed by atoms with Crippen LogP contribution in [0.4, 0.5) is 0 Å². The van der Waals surface area contributed by atoms with Gasteiger partial charge in [0.15, 0.2) is 5.79 Å². The zero-order valence-electron chi connectivity index (χ0n) is 28.3. The second-order valence-electron chi connectivity index (χ2n) is 12.7. The molecule has 2 unspecified atom stereocenters. The van der Waals surface area contributed by atoms with Crippen molar-refractivity contribution in [3.05, 3.63) is 48.6 Å². The third-order valence-electron chi connectivity index (χ3n) is 8.47. The molecule has 2 N–H and O–H groups in total. The number of ether oxygens (including phenoxy) is 2. The molecule has 0 aromatic carbocycles. The molecule has 244 valence electrons. The van der Waals surface area contributed by atoms with Gasteiger partial charge < -0.3 is 15.2 Å². The van der Waals surface area contributed by atoms with Gasteiger partial charge >= 0.3 is 0 Å². The highest BCUT2D eigenvalue weighted by molar-refractivity contribution is 4.93. The van der Waals surface area contributed by atoms with Gasteiger partial charge in [-0.15, -0.1) is 0 Å². The first-order valence-electron chi connectivity index (χ1n) is 18.3. The van der Waals surface area contributed by atoms with Gasteiger partial charge in [0.1, 0.15) is 0 Å². The highest BCUT2D eigenvalue weighted by atomic mass is 16.8. The van der Waals surface area contributed by atoms with Crippen molar-refractivity contribution in [2.75, 3.05) is 6.54 Å². The smallest absolute Gasteiger partial charge is 0.178 e. The maximum atomic E-state index is 6.33. The molecule has 1 aliphatic heterocycles. The fourth-order valence-electron chi connectivity index (χ4n) is 5.72. The van der Waals surface area contributed by atoms with Crippen molar-refractivity contribution in [3.63, 3.8) is 0 Å². The van der Waals surface area contributed by atoms with E-state index in [9.17, 15) is 0 Å². The van der Waals surface area contributed by atoms with Crippen LogP contribution in [0.5, 0.6) is 0 Å². The summed E-state index contributed by atoms with van der Waals surface area (Å²) in [5, 5.41) is 0. The molecule has 0 aliphatic carbocycles. The topological polar surface area (TPSA) is 44.5 Å². The number of unbranched alkanes of at least 4 members (excludes halogenated alkanes) is 16. The number of hydrogen-bond acceptors (Lipinski definition) is 3. The van der Waals surface area contributed by atoms with Gasteiger partial charge in [-0.25, -0.2) is 0 Å². The Kier molecular flexibility index (Phi) is 26.5. The van der Waals surface area contributed by atoms with Gasteiger partial charge in [0.05, 0.1) is 12.2 Å². The highest BCUT2D eigenvalue weighted by Crippen LogP contribution is 2.33. The van der Waals surface area contributed by atoms with Crippen LogP contribution in [-0.2, 0) is 9.47 Å². The molecule has 3 nitrogen and oxygen atoms in total. The minimum absolute atomic E-state index is 0.211. The second-order valence-corrected chi connectivity index (χ2v) is 12.7. The summed E-state index contributed by atoms with van der Waals surface area (Å²) in [6, 6.07) is 0. The van der Waals surface area contributed by atoms with Crippen LogP contribution >= 0.6 is 0 Å². The SMILES string of the molecule is CCCCC/C=C\C/C=C\CCCCCCCC1OC(C)(CN)OC1CCCCCCC/C=C\C/C=C\CCCCC. The van der Waals surface area contributed by atoms with E-state index in [1.54, 1.807) is 0 Å². The summed E-state index contributed by atoms with van der Waals surface area (Å²) in [6.07, 6.45) is 49.4. The van der Waals surface area contributed by atoms with Crippen molar-refractivity contribution >= 4 is 0 Å². The van der Waals surface area contributed by atoms with Crippen LogP contribution in [0.25, 0.3) is 0 Å². The molecule has 0 bridgehead atoms. The first-order valence-corrected chi connectivity index (χ1v) is 18.3. The summed E-state index contributed by atoms with van der Waals surface area (Å²) in [7, 11) is 0. The van der Waals surface area contributed by atoms with Gasteiger partial charge in [-0.05, 0) is 84.0 Å². The quantitative estimate of drug-likeness (QED) is 0.0701. The molecular weight excluding hydrogens is 514 g/mol. The van der Waals surface area contributed by atoms with Gasteiger partial charge in [-0.1, -0.05) is 140 Å². The average molecular weight is 586 g/mol. The van der Waals surface area contributed by atoms with Crippen LogP contribution < -0.4 is 5.73 Å². The van der Waals surface area contributed by atoms with E-state index in [1.807, 2.05) is 6.92 Å². The van der Waals surface area contributed by atoms with Crippen molar-refractivity contribution in [1.82, 2.24) is 0 Å². The first-order chi connectivity index (χ1) is 20.6. The molecule has 1 rings (SSSR count). The van der Waals surface area contributed by atoms with Gasteiger partial charge in [-0.3, -0.25) is 0 Å². The first kappa shape index (κ1) is 38.9. The Balaban J connectivity index is 2.06. The Morgan fingerprint density at radius 2 is 0.810 bits per heavy atom. The minimum atomic E-state index is -0.594. The van der Waals surface area contributed by atoms with Crippen molar-refractivity contribution in [2.24, 2.45) is 5.73 Å². The molecule has 42 heavy (non-hydrogen) atoms. The fraction of sp³-hybridized carbons (Fsp3) is 0.795. The lowest BCUT2D eigenvalue weighted by atomic mass is 9.99. The number of hydrogen-bond donors (Lipinski definition) is 1. The molecule has 0 spiro atoms. The fourth-order valence-corrected chi connectivity index (χ4v) is 5.72. The normalized spacial score (nSPS) is 21.3. The van der Waals surface area contributed by atoms with Gasteiger partial charge in [0, 0.05) is 6.54 Å². The van der Waals surface area contributed by atoms with Gasteiger partial charge in [0.25, 0.3) is 0 Å². The maximum Gasteiger partial charge on any atom is 0.178 e. The molecule has 0 radical (unpaired) electrons. The summed E-state index contributed by atoms with van der Waals surface area (Å²) >= 11 is 0. The third kappa shape index (κ3) is 22.4. The molecule has 3 heteroatoms. The van der Waals surface area contributed by atoms with E-state index in [2.05, 4.69) is 62.5 Å². The van der Waals surface area contributed by atoms with Crippen molar-refractivity contribution in [1.29, 1.82) is 0 Å². The van der Waals surface area contributed by atoms with Crippen molar-refractivity contribution < 1.29 is 9.47 Å². The zero-order chi connectivity index (χ0) is 30.4. The van der Waals surface area contributed by atoms with Crippen LogP contribution in [0.2, 0.25) is 0 Å². The number of allylic oxidation sites excluding steroid dienone is 8. The van der Waals surface area contributed by atoms with Crippen LogP contribution in [0.15, 0.2) is 48.6 Å². The highest BCUT2D eigenvalue weighted by Gasteiger charge is 2.42. The van der Waals surface area contributed by atoms with E-state index < -0.39 is 5.79 Å². The molecule has 0 aromatic rings. The Labute approximate surface area is 262 Å². The monoisotopic (exact) mass is 586 g/mol. The molecule has 1 saturated heterocycles. The predicted octanol–water partition coefficient (Wildman–Crippen LogP) is 12.1. The molecule has 0 saturated carbocycles.